The van der Waals surface area contributed by atoms with E-state index >= 15 is 0 Å². The summed E-state index contributed by atoms with van der Waals surface area (Å²) in [5.74, 6) is -3.41. The minimum atomic E-state index is -1.28. The van der Waals surface area contributed by atoms with Crippen molar-refractivity contribution < 1.29 is 29.4 Å². The summed E-state index contributed by atoms with van der Waals surface area (Å²) in [5.41, 5.74) is 6.51. The molecule has 3 atom stereocenters. The molecule has 1 heterocycles. The van der Waals surface area contributed by atoms with Gasteiger partial charge < -0.3 is 36.9 Å². The maximum atomic E-state index is 13.0. The van der Waals surface area contributed by atoms with Crippen LogP contribution >= 0.6 is 12.6 Å². The number of nitrogens with zero attached hydrogens (tertiary/aromatic N) is 1. The Hall–Kier alpha value is -3.58. The Morgan fingerprint density at radius 3 is 2.12 bits per heavy atom. The number of phenols is 1. The standard InChI is InChI=1S/C20H26N6O6S/c21-7-17(28)24-15(6-12-8-22-10-23-12)19(30)25-14(5-11-1-3-13(27)4-2-11)18(29)26-16(9-33)20(31)32/h1-4,8,10,14-16,27,33H,5-7,9,21H2,(H,22,23)(H,24,28)(H,25,30)(H,26,29)(H,31,32). The van der Waals surface area contributed by atoms with E-state index in [0.29, 0.717) is 11.3 Å². The third kappa shape index (κ3) is 8.12. The van der Waals surface area contributed by atoms with Crippen LogP contribution in [0.1, 0.15) is 11.3 Å². The average Bonchev–Trinajstić information content (AvgIpc) is 3.30. The molecule has 0 bridgehead atoms. The van der Waals surface area contributed by atoms with Gasteiger partial charge in [0, 0.05) is 30.5 Å². The Morgan fingerprint density at radius 2 is 1.61 bits per heavy atom. The summed E-state index contributed by atoms with van der Waals surface area (Å²) in [7, 11) is 0. The summed E-state index contributed by atoms with van der Waals surface area (Å²) in [6.45, 7) is -0.341. The number of imidazole rings is 1. The van der Waals surface area contributed by atoms with Gasteiger partial charge >= 0.3 is 5.97 Å². The molecule has 0 spiro atoms. The number of hydrogen-bond donors (Lipinski definition) is 8. The topological polar surface area (TPSA) is 200 Å². The predicted octanol–water partition coefficient (Wildman–Crippen LogP) is -1.67. The number of carboxylic acid groups (broad SMARTS) is 1. The van der Waals surface area contributed by atoms with Crippen LogP contribution in [0.5, 0.6) is 5.75 Å². The molecule has 0 aliphatic rings. The van der Waals surface area contributed by atoms with Crippen LogP contribution in [0, 0.1) is 0 Å². The van der Waals surface area contributed by atoms with Gasteiger partial charge in [-0.2, -0.15) is 12.6 Å². The lowest BCUT2D eigenvalue weighted by atomic mass is 10.0. The highest BCUT2D eigenvalue weighted by Gasteiger charge is 2.29. The Morgan fingerprint density at radius 1 is 1.00 bits per heavy atom. The fourth-order valence-electron chi connectivity index (χ4n) is 2.89. The fourth-order valence-corrected chi connectivity index (χ4v) is 3.13. The molecule has 178 valence electrons. The Labute approximate surface area is 194 Å². The Bertz CT molecular complexity index is 952. The number of aromatic nitrogens is 2. The van der Waals surface area contributed by atoms with Gasteiger partial charge in [-0.25, -0.2) is 9.78 Å². The maximum Gasteiger partial charge on any atom is 0.327 e. The van der Waals surface area contributed by atoms with E-state index in [4.69, 9.17) is 5.73 Å². The lowest BCUT2D eigenvalue weighted by molar-refractivity contribution is -0.141. The number of hydrogen-bond acceptors (Lipinski definition) is 8. The molecule has 0 saturated carbocycles. The first-order valence-corrected chi connectivity index (χ1v) is 10.6. The zero-order valence-corrected chi connectivity index (χ0v) is 18.4. The van der Waals surface area contributed by atoms with Crippen LogP contribution in [0.3, 0.4) is 0 Å². The van der Waals surface area contributed by atoms with Gasteiger partial charge in [0.15, 0.2) is 0 Å². The van der Waals surface area contributed by atoms with E-state index in [1.54, 1.807) is 12.1 Å². The molecule has 8 N–H and O–H groups in total. The molecule has 2 rings (SSSR count). The summed E-state index contributed by atoms with van der Waals surface area (Å²) in [6.07, 6.45) is 2.96. The van der Waals surface area contributed by atoms with E-state index in [9.17, 15) is 29.4 Å². The second kappa shape index (κ2) is 12.5. The normalized spacial score (nSPS) is 13.4. The van der Waals surface area contributed by atoms with Gasteiger partial charge in [-0.05, 0) is 17.7 Å². The van der Waals surface area contributed by atoms with Gasteiger partial charge in [0.05, 0.1) is 12.9 Å². The number of nitrogens with two attached hydrogens (primary N) is 1. The molecular formula is C20H26N6O6S. The van der Waals surface area contributed by atoms with Gasteiger partial charge in [-0.15, -0.1) is 0 Å². The van der Waals surface area contributed by atoms with Crippen LogP contribution in [0.25, 0.3) is 0 Å². The molecule has 0 aliphatic carbocycles. The summed E-state index contributed by atoms with van der Waals surface area (Å²) in [4.78, 5) is 55.7. The second-order valence-electron chi connectivity index (χ2n) is 7.12. The van der Waals surface area contributed by atoms with Crippen LogP contribution in [-0.4, -0.2) is 74.3 Å². The number of nitrogens with one attached hydrogen (secondary N) is 4. The number of H-pyrrole nitrogens is 1. The van der Waals surface area contributed by atoms with Crippen LogP contribution < -0.4 is 21.7 Å². The van der Waals surface area contributed by atoms with Crippen molar-refractivity contribution in [2.24, 2.45) is 5.73 Å². The summed E-state index contributed by atoms with van der Waals surface area (Å²) >= 11 is 3.93. The predicted molar refractivity (Wildman–Crippen MR) is 120 cm³/mol. The fraction of sp³-hybridized carbons (Fsp3) is 0.350. The van der Waals surface area contributed by atoms with Crippen molar-refractivity contribution in [3.05, 3.63) is 48.0 Å². The number of benzene rings is 1. The van der Waals surface area contributed by atoms with Crippen LogP contribution in [0.15, 0.2) is 36.8 Å². The molecule has 0 fully saturated rings. The van der Waals surface area contributed by atoms with Crippen molar-refractivity contribution in [3.63, 3.8) is 0 Å². The number of carboxylic acids is 1. The molecule has 1 aromatic carbocycles. The number of aromatic amines is 1. The molecule has 0 saturated heterocycles. The van der Waals surface area contributed by atoms with E-state index in [2.05, 4.69) is 38.5 Å². The first-order chi connectivity index (χ1) is 15.7. The summed E-state index contributed by atoms with van der Waals surface area (Å²) in [6, 6.07) is 2.45. The monoisotopic (exact) mass is 478 g/mol. The first kappa shape index (κ1) is 25.7. The molecule has 33 heavy (non-hydrogen) atoms. The Kier molecular flexibility index (Phi) is 9.69. The summed E-state index contributed by atoms with van der Waals surface area (Å²) < 4.78 is 0. The van der Waals surface area contributed by atoms with Crippen molar-refractivity contribution in [1.29, 1.82) is 0 Å². The van der Waals surface area contributed by atoms with Gasteiger partial charge in [0.2, 0.25) is 17.7 Å². The van der Waals surface area contributed by atoms with E-state index < -0.39 is 41.8 Å². The lowest BCUT2D eigenvalue weighted by Crippen LogP contribution is -2.57. The smallest absolute Gasteiger partial charge is 0.327 e. The maximum absolute atomic E-state index is 13.0. The molecular weight excluding hydrogens is 452 g/mol. The minimum absolute atomic E-state index is 0.00161. The SMILES string of the molecule is NCC(=O)NC(Cc1cnc[nH]1)C(=O)NC(Cc1ccc(O)cc1)C(=O)NC(CS)C(=O)O. The number of carbonyl (C=O) groups excluding carboxylic acids is 3. The molecule has 12 nitrogen and oxygen atoms in total. The number of phenolic OH excluding ortho intramolecular Hbond substituents is 1. The third-order valence-corrected chi connectivity index (χ3v) is 4.99. The number of amides is 3. The van der Waals surface area contributed by atoms with Crippen LogP contribution in [0.2, 0.25) is 0 Å². The van der Waals surface area contributed by atoms with E-state index in [1.807, 2.05) is 0 Å². The van der Waals surface area contributed by atoms with Crippen LogP contribution in [-0.2, 0) is 32.0 Å². The number of aliphatic carboxylic acids is 1. The molecule has 0 aliphatic heterocycles. The molecule has 3 amide bonds. The quantitative estimate of drug-likeness (QED) is 0.165. The molecule has 13 heteroatoms. The number of aromatic hydroxyl groups is 1. The largest absolute Gasteiger partial charge is 0.508 e. The molecule has 0 radical (unpaired) electrons. The molecule has 1 aromatic heterocycles. The first-order valence-electron chi connectivity index (χ1n) is 9.92. The highest BCUT2D eigenvalue weighted by Crippen LogP contribution is 2.12. The van der Waals surface area contributed by atoms with E-state index in [1.165, 1.54) is 24.7 Å². The van der Waals surface area contributed by atoms with E-state index in [0.717, 1.165) is 0 Å². The van der Waals surface area contributed by atoms with E-state index in [-0.39, 0.29) is 30.9 Å². The lowest BCUT2D eigenvalue weighted by Gasteiger charge is -2.24. The zero-order chi connectivity index (χ0) is 24.4. The highest BCUT2D eigenvalue weighted by molar-refractivity contribution is 7.80. The average molecular weight is 479 g/mol. The third-order valence-electron chi connectivity index (χ3n) is 4.62. The number of thiol groups is 1. The van der Waals surface area contributed by atoms with Gasteiger partial charge in [0.25, 0.3) is 0 Å². The number of carbonyl (C=O) groups is 4. The minimum Gasteiger partial charge on any atom is -0.508 e. The van der Waals surface area contributed by atoms with Crippen molar-refractivity contribution in [2.75, 3.05) is 12.3 Å². The molecule has 2 aromatic rings. The highest BCUT2D eigenvalue weighted by atomic mass is 32.1. The molecule has 3 unspecified atom stereocenters. The van der Waals surface area contributed by atoms with Crippen molar-refractivity contribution in [3.8, 4) is 5.75 Å². The number of rotatable bonds is 12. The van der Waals surface area contributed by atoms with Crippen molar-refractivity contribution >= 4 is 36.3 Å². The van der Waals surface area contributed by atoms with Crippen LogP contribution in [0.4, 0.5) is 0 Å². The van der Waals surface area contributed by atoms with Crippen molar-refractivity contribution in [1.82, 2.24) is 25.9 Å². The van der Waals surface area contributed by atoms with Gasteiger partial charge in [-0.1, -0.05) is 12.1 Å². The van der Waals surface area contributed by atoms with Gasteiger partial charge in [0.1, 0.15) is 23.9 Å². The van der Waals surface area contributed by atoms with Crippen molar-refractivity contribution in [2.45, 2.75) is 31.0 Å². The van der Waals surface area contributed by atoms with Gasteiger partial charge in [-0.3, -0.25) is 14.4 Å². The zero-order valence-electron chi connectivity index (χ0n) is 17.5. The summed E-state index contributed by atoms with van der Waals surface area (Å²) in [5, 5.41) is 26.1. The Balaban J connectivity index is 2.23. The second-order valence-corrected chi connectivity index (χ2v) is 7.48.